The van der Waals surface area contributed by atoms with Gasteiger partial charge in [0.1, 0.15) is 17.2 Å². The van der Waals surface area contributed by atoms with E-state index in [2.05, 4.69) is 0 Å². The van der Waals surface area contributed by atoms with Crippen LogP contribution in [0.4, 0.5) is 4.79 Å². The molecule has 29 heavy (non-hydrogen) atoms. The summed E-state index contributed by atoms with van der Waals surface area (Å²) >= 11 is 0. The molecule has 0 aromatic heterocycles. The van der Waals surface area contributed by atoms with Gasteiger partial charge in [-0.1, -0.05) is 18.2 Å². The molecule has 7 heteroatoms. The van der Waals surface area contributed by atoms with Crippen molar-refractivity contribution in [3.63, 3.8) is 0 Å². The first-order valence-electron chi connectivity index (χ1n) is 9.19. The normalized spacial score (nSPS) is 13.9. The van der Waals surface area contributed by atoms with E-state index in [1.807, 2.05) is 6.07 Å². The van der Waals surface area contributed by atoms with Crippen molar-refractivity contribution in [1.82, 2.24) is 4.90 Å². The molecular weight excluding hydrogens is 374 g/mol. The molecule has 1 fully saturated rings. The Morgan fingerprint density at radius 3 is 2.52 bits per heavy atom. The molecule has 0 N–H and O–H groups in total. The molecule has 3 rings (SSSR count). The molecule has 1 aliphatic rings. The Hall–Kier alpha value is -3.32. The number of ether oxygens (including phenoxy) is 4. The summed E-state index contributed by atoms with van der Waals surface area (Å²) in [7, 11) is 3.05. The highest BCUT2D eigenvalue weighted by atomic mass is 16.6. The quantitative estimate of drug-likeness (QED) is 0.549. The Kier molecular flexibility index (Phi) is 6.86. The van der Waals surface area contributed by atoms with E-state index in [0.29, 0.717) is 49.1 Å². The number of amides is 1. The van der Waals surface area contributed by atoms with E-state index in [4.69, 9.17) is 18.9 Å². The number of hydrogen-bond donors (Lipinski definition) is 0. The van der Waals surface area contributed by atoms with Gasteiger partial charge < -0.3 is 23.8 Å². The van der Waals surface area contributed by atoms with Crippen molar-refractivity contribution in [2.45, 2.75) is 0 Å². The number of allylic oxidation sites excluding steroid dienone is 1. The van der Waals surface area contributed by atoms with Crippen molar-refractivity contribution in [1.29, 1.82) is 0 Å². The molecule has 1 heterocycles. The molecule has 0 spiro atoms. The molecule has 0 radical (unpaired) electrons. The van der Waals surface area contributed by atoms with Crippen LogP contribution >= 0.6 is 0 Å². The van der Waals surface area contributed by atoms with Crippen LogP contribution in [0.1, 0.15) is 15.9 Å². The van der Waals surface area contributed by atoms with E-state index in [1.54, 1.807) is 47.4 Å². The molecule has 1 amide bonds. The molecular formula is C22H23NO6. The van der Waals surface area contributed by atoms with Gasteiger partial charge >= 0.3 is 6.09 Å². The number of nitrogens with zero attached hydrogens (tertiary/aromatic N) is 1. The Labute approximate surface area is 169 Å². The zero-order valence-electron chi connectivity index (χ0n) is 16.4. The molecule has 0 bridgehead atoms. The lowest BCUT2D eigenvalue weighted by atomic mass is 10.1. The summed E-state index contributed by atoms with van der Waals surface area (Å²) < 4.78 is 21.1. The van der Waals surface area contributed by atoms with Gasteiger partial charge in [0, 0.05) is 13.1 Å². The molecule has 152 valence electrons. The molecule has 1 saturated heterocycles. The summed E-state index contributed by atoms with van der Waals surface area (Å²) in [4.78, 5) is 26.4. The number of rotatable bonds is 6. The second-order valence-electron chi connectivity index (χ2n) is 6.30. The largest absolute Gasteiger partial charge is 0.497 e. The first-order chi connectivity index (χ1) is 14.1. The summed E-state index contributed by atoms with van der Waals surface area (Å²) in [6.45, 7) is 2.03. The van der Waals surface area contributed by atoms with Crippen LogP contribution in [0, 0.1) is 0 Å². The Bertz CT molecular complexity index is 902. The van der Waals surface area contributed by atoms with Crippen LogP contribution < -0.4 is 14.2 Å². The number of benzene rings is 2. The fraction of sp³-hybridized carbons (Fsp3) is 0.273. The first kappa shape index (κ1) is 20.4. The van der Waals surface area contributed by atoms with Crippen LogP contribution in [-0.2, 0) is 4.74 Å². The highest BCUT2D eigenvalue weighted by Gasteiger charge is 2.18. The van der Waals surface area contributed by atoms with E-state index in [1.165, 1.54) is 20.3 Å². The third kappa shape index (κ3) is 5.36. The average Bonchev–Trinajstić information content (AvgIpc) is 2.77. The third-order valence-corrected chi connectivity index (χ3v) is 4.43. The predicted molar refractivity (Wildman–Crippen MR) is 108 cm³/mol. The molecule has 1 aliphatic heterocycles. The monoisotopic (exact) mass is 397 g/mol. The highest BCUT2D eigenvalue weighted by Crippen LogP contribution is 2.25. The van der Waals surface area contributed by atoms with Crippen molar-refractivity contribution in [3.05, 3.63) is 59.7 Å². The van der Waals surface area contributed by atoms with Crippen LogP contribution in [0.15, 0.2) is 48.5 Å². The topological polar surface area (TPSA) is 74.3 Å². The average molecular weight is 397 g/mol. The smallest absolute Gasteiger partial charge is 0.415 e. The van der Waals surface area contributed by atoms with Crippen molar-refractivity contribution in [2.75, 3.05) is 40.5 Å². The summed E-state index contributed by atoms with van der Waals surface area (Å²) in [5, 5.41) is 0. The third-order valence-electron chi connectivity index (χ3n) is 4.43. The van der Waals surface area contributed by atoms with Gasteiger partial charge in [-0.15, -0.1) is 0 Å². The van der Waals surface area contributed by atoms with Gasteiger partial charge in [0.05, 0.1) is 33.0 Å². The lowest BCUT2D eigenvalue weighted by Crippen LogP contribution is -2.42. The maximum atomic E-state index is 12.6. The van der Waals surface area contributed by atoms with Crippen molar-refractivity contribution >= 4 is 18.0 Å². The predicted octanol–water partition coefficient (Wildman–Crippen LogP) is 3.43. The Morgan fingerprint density at radius 2 is 1.79 bits per heavy atom. The van der Waals surface area contributed by atoms with Crippen molar-refractivity contribution in [2.24, 2.45) is 0 Å². The zero-order chi connectivity index (χ0) is 20.6. The summed E-state index contributed by atoms with van der Waals surface area (Å²) in [5.41, 5.74) is 1.13. The number of carbonyl (C=O) groups is 2. The van der Waals surface area contributed by atoms with Crippen LogP contribution in [0.25, 0.3) is 6.08 Å². The summed E-state index contributed by atoms with van der Waals surface area (Å²) in [6, 6.07) is 12.0. The van der Waals surface area contributed by atoms with Crippen LogP contribution in [0.5, 0.6) is 17.2 Å². The van der Waals surface area contributed by atoms with Crippen LogP contribution in [0.3, 0.4) is 0 Å². The first-order valence-corrected chi connectivity index (χ1v) is 9.19. The zero-order valence-corrected chi connectivity index (χ0v) is 16.4. The molecule has 0 aliphatic carbocycles. The minimum Gasteiger partial charge on any atom is -0.497 e. The van der Waals surface area contributed by atoms with Gasteiger partial charge in [-0.25, -0.2) is 4.79 Å². The number of hydrogen-bond acceptors (Lipinski definition) is 6. The van der Waals surface area contributed by atoms with Gasteiger partial charge in [-0.3, -0.25) is 4.79 Å². The molecule has 0 atom stereocenters. The van der Waals surface area contributed by atoms with Gasteiger partial charge in [0.25, 0.3) is 0 Å². The maximum Gasteiger partial charge on any atom is 0.415 e. The summed E-state index contributed by atoms with van der Waals surface area (Å²) in [5.74, 6) is 1.22. The lowest BCUT2D eigenvalue weighted by Gasteiger charge is -2.25. The standard InChI is InChI=1S/C22H23NO6/c1-26-17-7-9-21(27-2)19(15-17)20(24)8-6-16-4-3-5-18(14-16)29-22(25)23-10-12-28-13-11-23/h3-9,14-15H,10-13H2,1-2H3/b8-6+. The second kappa shape index (κ2) is 9.75. The Morgan fingerprint density at radius 1 is 1.00 bits per heavy atom. The maximum absolute atomic E-state index is 12.6. The number of carbonyl (C=O) groups excluding carboxylic acids is 2. The van der Waals surface area contributed by atoms with E-state index >= 15 is 0 Å². The van der Waals surface area contributed by atoms with E-state index in [9.17, 15) is 9.59 Å². The lowest BCUT2D eigenvalue weighted by molar-refractivity contribution is 0.0416. The van der Waals surface area contributed by atoms with E-state index in [-0.39, 0.29) is 5.78 Å². The molecule has 0 saturated carbocycles. The number of ketones is 1. The van der Waals surface area contributed by atoms with E-state index in [0.717, 1.165) is 5.56 Å². The minimum atomic E-state index is -0.411. The summed E-state index contributed by atoms with van der Waals surface area (Å²) in [6.07, 6.45) is 2.69. The van der Waals surface area contributed by atoms with Gasteiger partial charge in [0.2, 0.25) is 0 Å². The second-order valence-corrected chi connectivity index (χ2v) is 6.30. The van der Waals surface area contributed by atoms with E-state index < -0.39 is 6.09 Å². The van der Waals surface area contributed by atoms with Crippen LogP contribution in [-0.4, -0.2) is 57.3 Å². The van der Waals surface area contributed by atoms with Gasteiger partial charge in [0.15, 0.2) is 5.78 Å². The van der Waals surface area contributed by atoms with Gasteiger partial charge in [-0.05, 0) is 42.0 Å². The molecule has 0 unspecified atom stereocenters. The number of methoxy groups -OCH3 is 2. The van der Waals surface area contributed by atoms with Crippen LogP contribution in [0.2, 0.25) is 0 Å². The fourth-order valence-corrected chi connectivity index (χ4v) is 2.86. The highest BCUT2D eigenvalue weighted by molar-refractivity contribution is 6.08. The Balaban J connectivity index is 1.70. The number of morpholine rings is 1. The molecule has 7 nitrogen and oxygen atoms in total. The molecule has 2 aromatic rings. The van der Waals surface area contributed by atoms with Crippen molar-refractivity contribution in [3.8, 4) is 17.2 Å². The van der Waals surface area contributed by atoms with Gasteiger partial charge in [-0.2, -0.15) is 0 Å². The SMILES string of the molecule is COc1ccc(OC)c(C(=O)/C=C/c2cccc(OC(=O)N3CCOCC3)c2)c1. The fourth-order valence-electron chi connectivity index (χ4n) is 2.86. The molecule has 2 aromatic carbocycles. The van der Waals surface area contributed by atoms with Crippen molar-refractivity contribution < 1.29 is 28.5 Å². The minimum absolute atomic E-state index is 0.225.